The van der Waals surface area contributed by atoms with E-state index in [1.807, 2.05) is 0 Å². The number of nitro benzene ring substituents is 1. The lowest BCUT2D eigenvalue weighted by atomic mass is 10.3. The normalized spacial score (nSPS) is 11.1. The Hall–Kier alpha value is -2.00. The van der Waals surface area contributed by atoms with Gasteiger partial charge in [0, 0.05) is 10.2 Å². The molecule has 0 aliphatic carbocycles. The molecule has 0 unspecified atom stereocenters. The van der Waals surface area contributed by atoms with Gasteiger partial charge in [0.25, 0.3) is 15.7 Å². The van der Waals surface area contributed by atoms with Crippen LogP contribution in [0.2, 0.25) is 0 Å². The van der Waals surface area contributed by atoms with Crippen LogP contribution in [0.5, 0.6) is 0 Å². The van der Waals surface area contributed by atoms with Crippen molar-refractivity contribution in [3.8, 4) is 0 Å². The molecule has 0 aliphatic rings. The van der Waals surface area contributed by atoms with Crippen LogP contribution in [0.15, 0.2) is 51.8 Å². The van der Waals surface area contributed by atoms with E-state index in [1.165, 1.54) is 12.1 Å². The quantitative estimate of drug-likeness (QED) is 0.656. The van der Waals surface area contributed by atoms with Crippen LogP contribution in [0.3, 0.4) is 0 Å². The Labute approximate surface area is 127 Å². The van der Waals surface area contributed by atoms with Gasteiger partial charge < -0.3 is 0 Å². The van der Waals surface area contributed by atoms with E-state index in [1.54, 1.807) is 12.1 Å². The summed E-state index contributed by atoms with van der Waals surface area (Å²) in [5.74, 6) is -0.886. The SMILES string of the molecule is O=[N+]([O-])c1cc(F)ccc1S(=O)(=O)Nc1cccc(Br)c1. The zero-order valence-electron chi connectivity index (χ0n) is 10.3. The molecule has 0 saturated carbocycles. The smallest absolute Gasteiger partial charge is 0.279 e. The van der Waals surface area contributed by atoms with E-state index >= 15 is 0 Å². The average molecular weight is 375 g/mol. The fourth-order valence-electron chi connectivity index (χ4n) is 1.62. The van der Waals surface area contributed by atoms with Gasteiger partial charge in [0.15, 0.2) is 4.90 Å². The number of rotatable bonds is 4. The van der Waals surface area contributed by atoms with Gasteiger partial charge in [0.1, 0.15) is 5.82 Å². The zero-order valence-corrected chi connectivity index (χ0v) is 12.7. The topological polar surface area (TPSA) is 89.3 Å². The minimum Gasteiger partial charge on any atom is -0.279 e. The van der Waals surface area contributed by atoms with E-state index in [0.717, 1.165) is 12.1 Å². The number of hydrogen-bond acceptors (Lipinski definition) is 4. The molecular formula is C12H8BrFN2O4S. The molecule has 1 N–H and O–H groups in total. The lowest BCUT2D eigenvalue weighted by molar-refractivity contribution is -0.388. The maximum absolute atomic E-state index is 13.0. The average Bonchev–Trinajstić information content (AvgIpc) is 2.37. The van der Waals surface area contributed by atoms with E-state index in [4.69, 9.17) is 0 Å². The summed E-state index contributed by atoms with van der Waals surface area (Å²) in [6.07, 6.45) is 0. The van der Waals surface area contributed by atoms with Crippen LogP contribution in [0.1, 0.15) is 0 Å². The predicted octanol–water partition coefficient (Wildman–Crippen LogP) is 3.30. The van der Waals surface area contributed by atoms with Gasteiger partial charge in [0.05, 0.1) is 11.0 Å². The molecule has 0 aromatic heterocycles. The number of nitro groups is 1. The predicted molar refractivity (Wildman–Crippen MR) is 78.0 cm³/mol. The van der Waals surface area contributed by atoms with Gasteiger partial charge in [0.2, 0.25) is 0 Å². The van der Waals surface area contributed by atoms with Crippen LogP contribution < -0.4 is 4.72 Å². The van der Waals surface area contributed by atoms with Gasteiger partial charge in [-0.15, -0.1) is 0 Å². The Morgan fingerprint density at radius 2 is 1.90 bits per heavy atom. The molecule has 0 spiro atoms. The summed E-state index contributed by atoms with van der Waals surface area (Å²) in [7, 11) is -4.20. The fourth-order valence-corrected chi connectivity index (χ4v) is 3.22. The van der Waals surface area contributed by atoms with Crippen molar-refractivity contribution in [2.75, 3.05) is 4.72 Å². The zero-order chi connectivity index (χ0) is 15.6. The van der Waals surface area contributed by atoms with Crippen molar-refractivity contribution in [2.45, 2.75) is 4.90 Å². The minimum absolute atomic E-state index is 0.225. The highest BCUT2D eigenvalue weighted by molar-refractivity contribution is 9.10. The van der Waals surface area contributed by atoms with Crippen molar-refractivity contribution < 1.29 is 17.7 Å². The third kappa shape index (κ3) is 3.56. The monoisotopic (exact) mass is 374 g/mol. The molecule has 2 aromatic carbocycles. The number of halogens is 2. The Kier molecular flexibility index (Phi) is 4.24. The molecule has 6 nitrogen and oxygen atoms in total. The Morgan fingerprint density at radius 3 is 2.52 bits per heavy atom. The number of nitrogens with one attached hydrogen (secondary N) is 1. The highest BCUT2D eigenvalue weighted by Crippen LogP contribution is 2.27. The molecule has 110 valence electrons. The molecule has 0 radical (unpaired) electrons. The van der Waals surface area contributed by atoms with Gasteiger partial charge in [-0.05, 0) is 30.3 Å². The summed E-state index contributed by atoms with van der Waals surface area (Å²) in [6, 6.07) is 8.54. The maximum atomic E-state index is 13.0. The Bertz CT molecular complexity index is 811. The van der Waals surface area contributed by atoms with Crippen molar-refractivity contribution >= 4 is 37.3 Å². The second-order valence-corrected chi connectivity index (χ2v) is 6.55. The molecule has 0 aliphatic heterocycles. The van der Waals surface area contributed by atoms with Gasteiger partial charge in [-0.1, -0.05) is 22.0 Å². The third-order valence-corrected chi connectivity index (χ3v) is 4.41. The third-order valence-electron chi connectivity index (χ3n) is 2.48. The standard InChI is InChI=1S/C12H8BrFN2O4S/c13-8-2-1-3-10(6-8)15-21(19,20)12-5-4-9(14)7-11(12)16(17)18/h1-7,15H. The fraction of sp³-hybridized carbons (Fsp3) is 0. The van der Waals surface area contributed by atoms with Crippen LogP contribution in [0.25, 0.3) is 0 Å². The molecule has 2 aromatic rings. The van der Waals surface area contributed by atoms with Crippen LogP contribution in [-0.4, -0.2) is 13.3 Å². The summed E-state index contributed by atoms with van der Waals surface area (Å²) in [5.41, 5.74) is -0.597. The summed E-state index contributed by atoms with van der Waals surface area (Å²) in [4.78, 5) is 9.32. The van der Waals surface area contributed by atoms with E-state index in [2.05, 4.69) is 20.7 Å². The lowest BCUT2D eigenvalue weighted by Gasteiger charge is -2.08. The Morgan fingerprint density at radius 1 is 1.19 bits per heavy atom. The first-order valence-electron chi connectivity index (χ1n) is 5.52. The maximum Gasteiger partial charge on any atom is 0.292 e. The highest BCUT2D eigenvalue weighted by atomic mass is 79.9. The summed E-state index contributed by atoms with van der Waals surface area (Å²) in [6.45, 7) is 0. The first-order valence-corrected chi connectivity index (χ1v) is 7.79. The number of hydrogen-bond donors (Lipinski definition) is 1. The molecule has 0 saturated heterocycles. The second-order valence-electron chi connectivity index (χ2n) is 3.99. The summed E-state index contributed by atoms with van der Waals surface area (Å²) in [5, 5.41) is 10.9. The van der Waals surface area contributed by atoms with Crippen LogP contribution in [0, 0.1) is 15.9 Å². The molecule has 0 amide bonds. The minimum atomic E-state index is -4.20. The van der Waals surface area contributed by atoms with E-state index < -0.39 is 31.3 Å². The largest absolute Gasteiger partial charge is 0.292 e. The van der Waals surface area contributed by atoms with Gasteiger partial charge in [-0.2, -0.15) is 0 Å². The first-order chi connectivity index (χ1) is 9.79. The molecule has 2 rings (SSSR count). The van der Waals surface area contributed by atoms with Crippen LogP contribution in [0.4, 0.5) is 15.8 Å². The molecule has 0 heterocycles. The van der Waals surface area contributed by atoms with Crippen molar-refractivity contribution in [1.82, 2.24) is 0 Å². The number of sulfonamides is 1. The molecule has 0 bridgehead atoms. The van der Waals surface area contributed by atoms with E-state index in [0.29, 0.717) is 10.5 Å². The highest BCUT2D eigenvalue weighted by Gasteiger charge is 2.26. The van der Waals surface area contributed by atoms with Gasteiger partial charge in [-0.3, -0.25) is 14.8 Å². The van der Waals surface area contributed by atoms with Crippen molar-refractivity contribution in [1.29, 1.82) is 0 Å². The summed E-state index contributed by atoms with van der Waals surface area (Å²) < 4.78 is 40.3. The van der Waals surface area contributed by atoms with Gasteiger partial charge in [-0.25, -0.2) is 12.8 Å². The number of anilines is 1. The Balaban J connectivity index is 2.47. The van der Waals surface area contributed by atoms with Crippen molar-refractivity contribution in [2.24, 2.45) is 0 Å². The summed E-state index contributed by atoms with van der Waals surface area (Å²) >= 11 is 3.18. The van der Waals surface area contributed by atoms with Crippen LogP contribution >= 0.6 is 15.9 Å². The van der Waals surface area contributed by atoms with Crippen molar-refractivity contribution in [3.63, 3.8) is 0 Å². The molecule has 9 heteroatoms. The molecule has 0 atom stereocenters. The van der Waals surface area contributed by atoms with E-state index in [-0.39, 0.29) is 5.69 Å². The van der Waals surface area contributed by atoms with Gasteiger partial charge >= 0.3 is 0 Å². The molecule has 21 heavy (non-hydrogen) atoms. The number of nitrogens with zero attached hydrogens (tertiary/aromatic N) is 1. The second kappa shape index (κ2) is 5.78. The van der Waals surface area contributed by atoms with Crippen molar-refractivity contribution in [3.05, 3.63) is 62.9 Å². The lowest BCUT2D eigenvalue weighted by Crippen LogP contribution is -2.14. The molecule has 0 fully saturated rings. The van der Waals surface area contributed by atoms with E-state index in [9.17, 15) is 22.9 Å². The van der Waals surface area contributed by atoms with Crippen LogP contribution in [-0.2, 0) is 10.0 Å². The first kappa shape index (κ1) is 15.4. The number of benzene rings is 2. The molecular weight excluding hydrogens is 367 g/mol.